The van der Waals surface area contributed by atoms with Gasteiger partial charge in [-0.1, -0.05) is 32.0 Å². The van der Waals surface area contributed by atoms with Gasteiger partial charge in [0.2, 0.25) is 0 Å². The van der Waals surface area contributed by atoms with E-state index in [-0.39, 0.29) is 18.9 Å². The van der Waals surface area contributed by atoms with Crippen molar-refractivity contribution < 1.29 is 19.1 Å². The summed E-state index contributed by atoms with van der Waals surface area (Å²) in [4.78, 5) is 26.2. The zero-order valence-corrected chi connectivity index (χ0v) is 16.8. The molecule has 29 heavy (non-hydrogen) atoms. The Labute approximate surface area is 171 Å². The molecule has 2 rings (SSSR count). The molecule has 6 nitrogen and oxygen atoms in total. The smallest absolute Gasteiger partial charge is 0.338 e. The minimum atomic E-state index is -0.583. The van der Waals surface area contributed by atoms with Crippen LogP contribution in [0.4, 0.5) is 5.69 Å². The molecule has 0 aliphatic rings. The maximum Gasteiger partial charge on any atom is 0.338 e. The Balaban J connectivity index is 1.91. The van der Waals surface area contributed by atoms with Crippen molar-refractivity contribution in [2.45, 2.75) is 26.7 Å². The standard InChI is InChI=1S/C23H26N2O4/c1-18(2)13-16-28-21-11-9-19(10-12-21)23(27)29-17-22(26)25(15-6-14-24)20-7-4-3-5-8-20/h3-5,7-12,18H,6,13,15-17H2,1-2H3. The van der Waals surface area contributed by atoms with Gasteiger partial charge in [-0.05, 0) is 48.7 Å². The number of carbonyl (C=O) groups excluding carboxylic acids is 2. The van der Waals surface area contributed by atoms with Gasteiger partial charge < -0.3 is 14.4 Å². The summed E-state index contributed by atoms with van der Waals surface area (Å²) in [6.45, 7) is 4.71. The van der Waals surface area contributed by atoms with Gasteiger partial charge in [0, 0.05) is 12.2 Å². The molecule has 152 valence electrons. The number of anilines is 1. The molecular weight excluding hydrogens is 368 g/mol. The fourth-order valence-corrected chi connectivity index (χ4v) is 2.56. The van der Waals surface area contributed by atoms with Gasteiger partial charge in [0.15, 0.2) is 6.61 Å². The molecule has 2 aromatic carbocycles. The summed E-state index contributed by atoms with van der Waals surface area (Å²) in [5.41, 5.74) is 1.00. The fourth-order valence-electron chi connectivity index (χ4n) is 2.56. The number of nitriles is 1. The van der Waals surface area contributed by atoms with Crippen molar-refractivity contribution in [3.8, 4) is 11.8 Å². The first-order chi connectivity index (χ1) is 14.0. The van der Waals surface area contributed by atoms with Gasteiger partial charge in [-0.25, -0.2) is 4.79 Å². The minimum Gasteiger partial charge on any atom is -0.494 e. The lowest BCUT2D eigenvalue weighted by Crippen LogP contribution is -2.35. The highest BCUT2D eigenvalue weighted by atomic mass is 16.5. The summed E-state index contributed by atoms with van der Waals surface area (Å²) in [5.74, 6) is 0.282. The van der Waals surface area contributed by atoms with Crippen LogP contribution in [0.2, 0.25) is 0 Å². The Morgan fingerprint density at radius 1 is 1.07 bits per heavy atom. The minimum absolute atomic E-state index is 0.187. The van der Waals surface area contributed by atoms with Gasteiger partial charge in [-0.2, -0.15) is 5.26 Å². The summed E-state index contributed by atoms with van der Waals surface area (Å²) in [6.07, 6.45) is 1.14. The second kappa shape index (κ2) is 11.5. The third-order valence-electron chi connectivity index (χ3n) is 4.20. The molecule has 0 aliphatic carbocycles. The molecule has 2 aromatic rings. The van der Waals surface area contributed by atoms with Crippen LogP contribution in [0.25, 0.3) is 0 Å². The van der Waals surface area contributed by atoms with Crippen LogP contribution < -0.4 is 9.64 Å². The zero-order valence-electron chi connectivity index (χ0n) is 16.8. The second-order valence-corrected chi connectivity index (χ2v) is 6.92. The van der Waals surface area contributed by atoms with Crippen molar-refractivity contribution in [2.75, 3.05) is 24.7 Å². The van der Waals surface area contributed by atoms with E-state index < -0.39 is 12.6 Å². The van der Waals surface area contributed by atoms with Crippen LogP contribution in [-0.4, -0.2) is 31.6 Å². The molecule has 0 N–H and O–H groups in total. The van der Waals surface area contributed by atoms with Crippen LogP contribution in [0.3, 0.4) is 0 Å². The lowest BCUT2D eigenvalue weighted by atomic mass is 10.1. The second-order valence-electron chi connectivity index (χ2n) is 6.92. The molecule has 0 bridgehead atoms. The van der Waals surface area contributed by atoms with Gasteiger partial charge in [0.1, 0.15) is 5.75 Å². The first-order valence-corrected chi connectivity index (χ1v) is 9.63. The lowest BCUT2D eigenvalue weighted by molar-refractivity contribution is -0.121. The molecule has 0 unspecified atom stereocenters. The number of para-hydroxylation sites is 1. The third-order valence-corrected chi connectivity index (χ3v) is 4.20. The Kier molecular flexibility index (Phi) is 8.71. The number of hydrogen-bond donors (Lipinski definition) is 0. The molecule has 0 saturated heterocycles. The molecule has 0 radical (unpaired) electrons. The van der Waals surface area contributed by atoms with E-state index in [0.717, 1.165) is 6.42 Å². The van der Waals surface area contributed by atoms with Crippen molar-refractivity contribution in [3.63, 3.8) is 0 Å². The number of esters is 1. The number of hydrogen-bond acceptors (Lipinski definition) is 5. The van der Waals surface area contributed by atoms with Crippen molar-refractivity contribution in [2.24, 2.45) is 5.92 Å². The van der Waals surface area contributed by atoms with E-state index in [9.17, 15) is 9.59 Å². The number of rotatable bonds is 10. The molecule has 0 fully saturated rings. The maximum atomic E-state index is 12.5. The Bertz CT molecular complexity index is 826. The van der Waals surface area contributed by atoms with E-state index in [4.69, 9.17) is 14.7 Å². The third kappa shape index (κ3) is 7.30. The molecule has 0 aliphatic heterocycles. The quantitative estimate of drug-likeness (QED) is 0.564. The van der Waals surface area contributed by atoms with Crippen molar-refractivity contribution in [3.05, 3.63) is 60.2 Å². The van der Waals surface area contributed by atoms with E-state index in [1.807, 2.05) is 12.1 Å². The Morgan fingerprint density at radius 3 is 2.38 bits per heavy atom. The van der Waals surface area contributed by atoms with Crippen LogP contribution >= 0.6 is 0 Å². The summed E-state index contributed by atoms with van der Waals surface area (Å²) in [5, 5.41) is 8.83. The zero-order chi connectivity index (χ0) is 21.1. The van der Waals surface area contributed by atoms with E-state index in [1.54, 1.807) is 48.5 Å². The largest absolute Gasteiger partial charge is 0.494 e. The number of amides is 1. The van der Waals surface area contributed by atoms with Crippen LogP contribution in [0.5, 0.6) is 5.75 Å². The first kappa shape index (κ1) is 22.0. The highest BCUT2D eigenvalue weighted by Gasteiger charge is 2.18. The summed E-state index contributed by atoms with van der Waals surface area (Å²) in [6, 6.07) is 17.7. The van der Waals surface area contributed by atoms with E-state index >= 15 is 0 Å². The molecule has 0 atom stereocenters. The van der Waals surface area contributed by atoms with Gasteiger partial charge >= 0.3 is 5.97 Å². The predicted octanol–water partition coefficient (Wildman–Crippen LogP) is 4.22. The van der Waals surface area contributed by atoms with E-state index in [1.165, 1.54) is 4.90 Å². The van der Waals surface area contributed by atoms with Gasteiger partial charge in [-0.3, -0.25) is 4.79 Å². The van der Waals surface area contributed by atoms with Crippen LogP contribution in [-0.2, 0) is 9.53 Å². The van der Waals surface area contributed by atoms with Gasteiger partial charge in [0.25, 0.3) is 5.91 Å². The molecule has 6 heteroatoms. The van der Waals surface area contributed by atoms with Crippen LogP contribution in [0.1, 0.15) is 37.0 Å². The number of ether oxygens (including phenoxy) is 2. The van der Waals surface area contributed by atoms with Gasteiger partial charge in [0.05, 0.1) is 24.7 Å². The summed E-state index contributed by atoms with van der Waals surface area (Å²) in [7, 11) is 0. The summed E-state index contributed by atoms with van der Waals surface area (Å²) >= 11 is 0. The average molecular weight is 394 g/mol. The monoisotopic (exact) mass is 394 g/mol. The van der Waals surface area contributed by atoms with E-state index in [0.29, 0.717) is 29.5 Å². The number of nitrogens with zero attached hydrogens (tertiary/aromatic N) is 2. The maximum absolute atomic E-state index is 12.5. The normalized spacial score (nSPS) is 10.3. The highest BCUT2D eigenvalue weighted by molar-refractivity contribution is 5.97. The Hall–Kier alpha value is -3.33. The van der Waals surface area contributed by atoms with Crippen molar-refractivity contribution in [1.29, 1.82) is 5.26 Å². The topological polar surface area (TPSA) is 79.6 Å². The molecule has 0 spiro atoms. The summed E-state index contributed by atoms with van der Waals surface area (Å²) < 4.78 is 10.8. The fraction of sp³-hybridized carbons (Fsp3) is 0.348. The van der Waals surface area contributed by atoms with Crippen LogP contribution in [0, 0.1) is 17.2 Å². The number of carbonyl (C=O) groups is 2. The highest BCUT2D eigenvalue weighted by Crippen LogP contribution is 2.16. The van der Waals surface area contributed by atoms with E-state index in [2.05, 4.69) is 13.8 Å². The molecule has 0 saturated carbocycles. The number of benzene rings is 2. The van der Waals surface area contributed by atoms with Crippen LogP contribution in [0.15, 0.2) is 54.6 Å². The van der Waals surface area contributed by atoms with Gasteiger partial charge in [-0.15, -0.1) is 0 Å². The SMILES string of the molecule is CC(C)CCOc1ccc(C(=O)OCC(=O)N(CCC#N)c2ccccc2)cc1. The Morgan fingerprint density at radius 2 is 1.76 bits per heavy atom. The average Bonchev–Trinajstić information content (AvgIpc) is 2.73. The molecule has 0 heterocycles. The first-order valence-electron chi connectivity index (χ1n) is 9.63. The molecule has 1 amide bonds. The van der Waals surface area contributed by atoms with Crippen molar-refractivity contribution in [1.82, 2.24) is 0 Å². The van der Waals surface area contributed by atoms with Crippen molar-refractivity contribution >= 4 is 17.6 Å². The predicted molar refractivity (Wildman–Crippen MR) is 111 cm³/mol. The molecular formula is C23H26N2O4. The molecule has 0 aromatic heterocycles. The lowest BCUT2D eigenvalue weighted by Gasteiger charge is -2.21.